The number of piperazine rings is 1. The maximum atomic E-state index is 12.0. The Balaban J connectivity index is 1.88. The van der Waals surface area contributed by atoms with E-state index in [0.29, 0.717) is 23.7 Å². The number of nitrogens with one attached hydrogen (secondary N) is 2. The van der Waals surface area contributed by atoms with Gasteiger partial charge in [-0.15, -0.1) is 0 Å². The molecule has 2 N–H and O–H groups in total. The normalized spacial score (nSPS) is 18.9. The molecule has 0 spiro atoms. The van der Waals surface area contributed by atoms with Crippen LogP contribution in [-0.4, -0.2) is 48.0 Å². The van der Waals surface area contributed by atoms with Gasteiger partial charge in [0, 0.05) is 56.5 Å². The van der Waals surface area contributed by atoms with Crippen molar-refractivity contribution in [2.75, 3.05) is 31.5 Å². The Bertz CT molecular complexity index is 562. The topological polar surface area (TPSA) is 87.5 Å². The molecular weight excluding hydrogens is 284 g/mol. The van der Waals surface area contributed by atoms with E-state index in [-0.39, 0.29) is 11.6 Å². The number of hydrogen-bond acceptors (Lipinski definition) is 5. The highest BCUT2D eigenvalue weighted by Crippen LogP contribution is 2.21. The molecule has 120 valence electrons. The number of carbonyl (C=O) groups is 1. The van der Waals surface area contributed by atoms with Crippen LogP contribution >= 0.6 is 0 Å². The monoisotopic (exact) mass is 306 g/mol. The Morgan fingerprint density at radius 3 is 2.95 bits per heavy atom. The van der Waals surface area contributed by atoms with Gasteiger partial charge in [-0.05, 0) is 25.5 Å². The molecule has 1 amide bonds. The summed E-state index contributed by atoms with van der Waals surface area (Å²) in [6.07, 6.45) is 0.417. The van der Waals surface area contributed by atoms with Crippen LogP contribution in [-0.2, 0) is 4.79 Å². The molecule has 0 radical (unpaired) electrons. The molecule has 1 heterocycles. The molecule has 1 aliphatic rings. The Kier molecular flexibility index (Phi) is 5.46. The average Bonchev–Trinajstić information content (AvgIpc) is 2.48. The molecule has 1 fully saturated rings. The number of carbonyl (C=O) groups excluding carboxylic acids is 1. The molecular formula is C15H22N4O3. The van der Waals surface area contributed by atoms with E-state index in [1.165, 1.54) is 12.1 Å². The van der Waals surface area contributed by atoms with E-state index in [1.807, 2.05) is 0 Å². The van der Waals surface area contributed by atoms with Gasteiger partial charge in [0.05, 0.1) is 4.92 Å². The summed E-state index contributed by atoms with van der Waals surface area (Å²) in [6, 6.07) is 4.89. The number of nitrogens with zero attached hydrogens (tertiary/aromatic N) is 2. The first-order chi connectivity index (χ1) is 10.5. The molecule has 1 atom stereocenters. The van der Waals surface area contributed by atoms with Crippen LogP contribution in [0.3, 0.4) is 0 Å². The van der Waals surface area contributed by atoms with Crippen molar-refractivity contribution < 1.29 is 9.72 Å². The van der Waals surface area contributed by atoms with Crippen LogP contribution < -0.4 is 10.6 Å². The van der Waals surface area contributed by atoms with Crippen molar-refractivity contribution in [2.24, 2.45) is 0 Å². The molecule has 0 saturated carbocycles. The molecule has 0 bridgehead atoms. The minimum Gasteiger partial charge on any atom is -0.326 e. The van der Waals surface area contributed by atoms with Crippen molar-refractivity contribution in [3.63, 3.8) is 0 Å². The highest BCUT2D eigenvalue weighted by Gasteiger charge is 2.18. The zero-order valence-electron chi connectivity index (χ0n) is 13.0. The van der Waals surface area contributed by atoms with Gasteiger partial charge in [-0.2, -0.15) is 0 Å². The summed E-state index contributed by atoms with van der Waals surface area (Å²) in [5.74, 6) is -0.0670. The third-order valence-corrected chi connectivity index (χ3v) is 3.96. The molecule has 7 heteroatoms. The van der Waals surface area contributed by atoms with Crippen molar-refractivity contribution in [1.82, 2.24) is 10.2 Å². The molecule has 0 aliphatic carbocycles. The smallest absolute Gasteiger partial charge is 0.269 e. The molecule has 0 aromatic heterocycles. The molecule has 2 rings (SSSR count). The summed E-state index contributed by atoms with van der Waals surface area (Å²) < 4.78 is 0. The number of benzene rings is 1. The van der Waals surface area contributed by atoms with Gasteiger partial charge in [0.15, 0.2) is 0 Å². The minimum absolute atomic E-state index is 0.0325. The SMILES string of the molecule is Cc1cc([N+](=O)[O-])ccc1NC(=O)CCN1CCNC[C@@H]1C. The Hall–Kier alpha value is -1.99. The van der Waals surface area contributed by atoms with E-state index in [0.717, 1.165) is 26.2 Å². The van der Waals surface area contributed by atoms with Gasteiger partial charge in [-0.1, -0.05) is 0 Å². The fourth-order valence-corrected chi connectivity index (χ4v) is 2.57. The van der Waals surface area contributed by atoms with Gasteiger partial charge in [0.2, 0.25) is 5.91 Å². The maximum Gasteiger partial charge on any atom is 0.269 e. The quantitative estimate of drug-likeness (QED) is 0.636. The summed E-state index contributed by atoms with van der Waals surface area (Å²) in [5.41, 5.74) is 1.35. The van der Waals surface area contributed by atoms with Crippen LogP contribution in [0.25, 0.3) is 0 Å². The van der Waals surface area contributed by atoms with E-state index in [9.17, 15) is 14.9 Å². The van der Waals surface area contributed by atoms with Gasteiger partial charge in [0.1, 0.15) is 0 Å². The highest BCUT2D eigenvalue weighted by atomic mass is 16.6. The number of nitro groups is 1. The van der Waals surface area contributed by atoms with Crippen molar-refractivity contribution in [3.05, 3.63) is 33.9 Å². The molecule has 22 heavy (non-hydrogen) atoms. The second-order valence-corrected chi connectivity index (χ2v) is 5.64. The molecule has 7 nitrogen and oxygen atoms in total. The van der Waals surface area contributed by atoms with E-state index in [1.54, 1.807) is 13.0 Å². The summed E-state index contributed by atoms with van der Waals surface area (Å²) >= 11 is 0. The summed E-state index contributed by atoms with van der Waals surface area (Å²) in [4.78, 5) is 24.6. The second kappa shape index (κ2) is 7.33. The fourth-order valence-electron chi connectivity index (χ4n) is 2.57. The molecule has 0 unspecified atom stereocenters. The largest absolute Gasteiger partial charge is 0.326 e. The third kappa shape index (κ3) is 4.25. The maximum absolute atomic E-state index is 12.0. The molecule has 1 aliphatic heterocycles. The van der Waals surface area contributed by atoms with Gasteiger partial charge in [-0.25, -0.2) is 0 Å². The third-order valence-electron chi connectivity index (χ3n) is 3.96. The summed E-state index contributed by atoms with van der Waals surface area (Å²) in [5, 5.41) is 16.8. The number of aryl methyl sites for hydroxylation is 1. The molecule has 1 aromatic carbocycles. The van der Waals surface area contributed by atoms with Crippen LogP contribution in [0, 0.1) is 17.0 Å². The zero-order chi connectivity index (χ0) is 16.1. The number of rotatable bonds is 5. The predicted molar refractivity (Wildman–Crippen MR) is 85.0 cm³/mol. The lowest BCUT2D eigenvalue weighted by Crippen LogP contribution is -2.50. The van der Waals surface area contributed by atoms with Crippen LogP contribution in [0.2, 0.25) is 0 Å². The van der Waals surface area contributed by atoms with Crippen molar-refractivity contribution in [1.29, 1.82) is 0 Å². The van der Waals surface area contributed by atoms with Crippen LogP contribution in [0.1, 0.15) is 18.9 Å². The Morgan fingerprint density at radius 1 is 1.55 bits per heavy atom. The van der Waals surface area contributed by atoms with Gasteiger partial charge in [-0.3, -0.25) is 19.8 Å². The van der Waals surface area contributed by atoms with E-state index < -0.39 is 4.92 Å². The average molecular weight is 306 g/mol. The first-order valence-electron chi connectivity index (χ1n) is 7.47. The highest BCUT2D eigenvalue weighted by molar-refractivity contribution is 5.91. The second-order valence-electron chi connectivity index (χ2n) is 5.64. The molecule has 1 saturated heterocycles. The van der Waals surface area contributed by atoms with Gasteiger partial charge in [0.25, 0.3) is 5.69 Å². The first-order valence-corrected chi connectivity index (χ1v) is 7.47. The zero-order valence-corrected chi connectivity index (χ0v) is 13.0. The summed E-state index contributed by atoms with van der Waals surface area (Å²) in [7, 11) is 0. The standard InChI is InChI=1S/C15H22N4O3/c1-11-9-13(19(21)22)3-4-14(11)17-15(20)5-7-18-8-6-16-10-12(18)2/h3-4,9,12,16H,5-8,10H2,1-2H3,(H,17,20)/t12-/m0/s1. The number of hydrogen-bond donors (Lipinski definition) is 2. The number of nitro benzene ring substituents is 1. The lowest BCUT2D eigenvalue weighted by Gasteiger charge is -2.33. The van der Waals surface area contributed by atoms with Crippen molar-refractivity contribution in [2.45, 2.75) is 26.3 Å². The predicted octanol–water partition coefficient (Wildman–Crippen LogP) is 1.53. The summed E-state index contributed by atoms with van der Waals surface area (Å²) in [6.45, 7) is 7.47. The Morgan fingerprint density at radius 2 is 2.32 bits per heavy atom. The van der Waals surface area contributed by atoms with Crippen LogP contribution in [0.15, 0.2) is 18.2 Å². The van der Waals surface area contributed by atoms with Gasteiger partial charge < -0.3 is 10.6 Å². The first kappa shape index (κ1) is 16.4. The van der Waals surface area contributed by atoms with E-state index in [2.05, 4.69) is 22.5 Å². The van der Waals surface area contributed by atoms with E-state index in [4.69, 9.17) is 0 Å². The van der Waals surface area contributed by atoms with Crippen LogP contribution in [0.4, 0.5) is 11.4 Å². The van der Waals surface area contributed by atoms with Crippen molar-refractivity contribution in [3.8, 4) is 0 Å². The van der Waals surface area contributed by atoms with Crippen molar-refractivity contribution >= 4 is 17.3 Å². The van der Waals surface area contributed by atoms with Crippen LogP contribution in [0.5, 0.6) is 0 Å². The lowest BCUT2D eigenvalue weighted by molar-refractivity contribution is -0.384. The lowest BCUT2D eigenvalue weighted by atomic mass is 10.1. The molecule has 1 aromatic rings. The minimum atomic E-state index is -0.440. The van der Waals surface area contributed by atoms with Gasteiger partial charge >= 0.3 is 0 Å². The number of amides is 1. The number of non-ortho nitro benzene ring substituents is 1. The Labute approximate surface area is 129 Å². The number of anilines is 1. The fraction of sp³-hybridized carbons (Fsp3) is 0.533. The van der Waals surface area contributed by atoms with E-state index >= 15 is 0 Å².